The molecule has 2 rings (SSSR count). The molecule has 0 saturated carbocycles. The van der Waals surface area contributed by atoms with Crippen molar-refractivity contribution in [3.05, 3.63) is 35.9 Å². The minimum atomic E-state index is 0. The summed E-state index contributed by atoms with van der Waals surface area (Å²) in [7, 11) is 0. The third-order valence-electron chi connectivity index (χ3n) is 2.63. The number of urea groups is 1. The summed E-state index contributed by atoms with van der Waals surface area (Å²) in [5.74, 6) is 0. The Morgan fingerprint density at radius 2 is 1.94 bits per heavy atom. The Morgan fingerprint density at radius 3 is 2.69 bits per heavy atom. The molecule has 0 radical (unpaired) electrons. The fourth-order valence-electron chi connectivity index (χ4n) is 1.79. The molecule has 16 heavy (non-hydrogen) atoms. The van der Waals surface area contributed by atoms with Gasteiger partial charge in [0, 0.05) is 19.6 Å². The number of nitrogens with zero attached hydrogens (tertiary/aromatic N) is 1. The molecule has 1 heterocycles. The standard InChI is InChI=1S/C12H16N2O.ClH/c15-12-13-8-4-5-9-14(12)10-11-6-2-1-3-7-11;/h1-3,6-7H,4-5,8-10H2,(H,13,15);1H. The van der Waals surface area contributed by atoms with Crippen molar-refractivity contribution >= 4 is 18.4 Å². The van der Waals surface area contributed by atoms with Crippen LogP contribution in [-0.2, 0) is 6.54 Å². The van der Waals surface area contributed by atoms with Crippen LogP contribution < -0.4 is 5.32 Å². The van der Waals surface area contributed by atoms with Crippen LogP contribution in [0.3, 0.4) is 0 Å². The molecular formula is C12H17ClN2O. The molecule has 0 aromatic heterocycles. The molecule has 0 aliphatic carbocycles. The van der Waals surface area contributed by atoms with Gasteiger partial charge in [0.1, 0.15) is 0 Å². The van der Waals surface area contributed by atoms with Gasteiger partial charge in [-0.15, -0.1) is 12.4 Å². The minimum Gasteiger partial charge on any atom is -0.338 e. The summed E-state index contributed by atoms with van der Waals surface area (Å²) >= 11 is 0. The van der Waals surface area contributed by atoms with Gasteiger partial charge in [-0.1, -0.05) is 30.3 Å². The Labute approximate surface area is 102 Å². The fourth-order valence-corrected chi connectivity index (χ4v) is 1.79. The van der Waals surface area contributed by atoms with Gasteiger partial charge in [-0.3, -0.25) is 0 Å². The molecule has 3 nitrogen and oxygen atoms in total. The first-order valence-electron chi connectivity index (χ1n) is 5.43. The van der Waals surface area contributed by atoms with Crippen molar-refractivity contribution in [3.63, 3.8) is 0 Å². The molecule has 0 spiro atoms. The molecular weight excluding hydrogens is 224 g/mol. The van der Waals surface area contributed by atoms with Gasteiger partial charge in [0.15, 0.2) is 0 Å². The second-order valence-electron chi connectivity index (χ2n) is 3.85. The highest BCUT2D eigenvalue weighted by molar-refractivity contribution is 5.85. The number of hydrogen-bond acceptors (Lipinski definition) is 1. The number of nitrogens with one attached hydrogen (secondary N) is 1. The lowest BCUT2D eigenvalue weighted by molar-refractivity contribution is 0.200. The monoisotopic (exact) mass is 240 g/mol. The molecule has 2 amide bonds. The average Bonchev–Trinajstić information content (AvgIpc) is 2.46. The van der Waals surface area contributed by atoms with Crippen LogP contribution in [0.25, 0.3) is 0 Å². The van der Waals surface area contributed by atoms with Crippen LogP contribution in [0.15, 0.2) is 30.3 Å². The highest BCUT2D eigenvalue weighted by atomic mass is 35.5. The van der Waals surface area contributed by atoms with Gasteiger partial charge >= 0.3 is 6.03 Å². The Balaban J connectivity index is 0.00000128. The summed E-state index contributed by atoms with van der Waals surface area (Å²) in [6.45, 7) is 2.39. The van der Waals surface area contributed by atoms with Crippen LogP contribution in [0, 0.1) is 0 Å². The van der Waals surface area contributed by atoms with Gasteiger partial charge in [0.05, 0.1) is 0 Å². The normalized spacial score (nSPS) is 16.0. The van der Waals surface area contributed by atoms with Gasteiger partial charge in [-0.25, -0.2) is 4.79 Å². The quantitative estimate of drug-likeness (QED) is 0.846. The van der Waals surface area contributed by atoms with E-state index >= 15 is 0 Å². The second-order valence-corrected chi connectivity index (χ2v) is 3.85. The molecule has 1 aromatic carbocycles. The average molecular weight is 241 g/mol. The van der Waals surface area contributed by atoms with E-state index in [2.05, 4.69) is 17.4 Å². The van der Waals surface area contributed by atoms with Crippen molar-refractivity contribution in [1.29, 1.82) is 0 Å². The molecule has 1 aliphatic heterocycles. The van der Waals surface area contributed by atoms with E-state index in [9.17, 15) is 4.79 Å². The summed E-state index contributed by atoms with van der Waals surface area (Å²) in [4.78, 5) is 13.5. The maximum Gasteiger partial charge on any atom is 0.317 e. The number of amides is 2. The van der Waals surface area contributed by atoms with E-state index < -0.39 is 0 Å². The van der Waals surface area contributed by atoms with Crippen LogP contribution >= 0.6 is 12.4 Å². The van der Waals surface area contributed by atoms with Crippen molar-refractivity contribution in [2.24, 2.45) is 0 Å². The zero-order valence-corrected chi connectivity index (χ0v) is 10.0. The zero-order chi connectivity index (χ0) is 10.5. The number of halogens is 1. The summed E-state index contributed by atoms with van der Waals surface area (Å²) in [5, 5.41) is 2.90. The third-order valence-corrected chi connectivity index (χ3v) is 2.63. The van der Waals surface area contributed by atoms with Crippen molar-refractivity contribution in [3.8, 4) is 0 Å². The van der Waals surface area contributed by atoms with Gasteiger partial charge in [0.25, 0.3) is 0 Å². The maximum absolute atomic E-state index is 11.6. The van der Waals surface area contributed by atoms with Crippen molar-refractivity contribution in [2.45, 2.75) is 19.4 Å². The number of hydrogen-bond donors (Lipinski definition) is 1. The summed E-state index contributed by atoms with van der Waals surface area (Å²) in [5.41, 5.74) is 1.19. The summed E-state index contributed by atoms with van der Waals surface area (Å²) in [6.07, 6.45) is 2.17. The second kappa shape index (κ2) is 6.38. The lowest BCUT2D eigenvalue weighted by atomic mass is 10.2. The van der Waals surface area contributed by atoms with Gasteiger partial charge in [0.2, 0.25) is 0 Å². The Kier molecular flexibility index (Phi) is 5.12. The topological polar surface area (TPSA) is 32.3 Å². The Bertz CT molecular complexity index is 329. The molecule has 0 unspecified atom stereocenters. The predicted molar refractivity (Wildman–Crippen MR) is 66.7 cm³/mol. The molecule has 1 aromatic rings. The van der Waals surface area contributed by atoms with E-state index in [1.165, 1.54) is 5.56 Å². The highest BCUT2D eigenvalue weighted by Crippen LogP contribution is 2.08. The van der Waals surface area contributed by atoms with Gasteiger partial charge in [-0.05, 0) is 18.4 Å². The molecule has 1 N–H and O–H groups in total. The lowest BCUT2D eigenvalue weighted by Crippen LogP contribution is -2.37. The van der Waals surface area contributed by atoms with Crippen LogP contribution in [0.2, 0.25) is 0 Å². The van der Waals surface area contributed by atoms with Gasteiger partial charge in [-0.2, -0.15) is 0 Å². The molecule has 1 aliphatic rings. The molecule has 0 atom stereocenters. The summed E-state index contributed by atoms with van der Waals surface area (Å²) < 4.78 is 0. The minimum absolute atomic E-state index is 0. The van der Waals surface area contributed by atoms with E-state index in [-0.39, 0.29) is 18.4 Å². The SMILES string of the molecule is Cl.O=C1NCCCCN1Cc1ccccc1. The number of carbonyl (C=O) groups is 1. The maximum atomic E-state index is 11.6. The first-order valence-corrected chi connectivity index (χ1v) is 5.43. The van der Waals surface area contributed by atoms with Crippen molar-refractivity contribution < 1.29 is 4.79 Å². The Morgan fingerprint density at radius 1 is 1.19 bits per heavy atom. The van der Waals surface area contributed by atoms with E-state index in [1.807, 2.05) is 23.1 Å². The van der Waals surface area contributed by atoms with E-state index in [4.69, 9.17) is 0 Å². The van der Waals surface area contributed by atoms with Crippen molar-refractivity contribution in [2.75, 3.05) is 13.1 Å². The van der Waals surface area contributed by atoms with E-state index in [1.54, 1.807) is 0 Å². The summed E-state index contributed by atoms with van der Waals surface area (Å²) in [6, 6.07) is 10.2. The highest BCUT2D eigenvalue weighted by Gasteiger charge is 2.15. The Hall–Kier alpha value is -1.22. The number of carbonyl (C=O) groups excluding carboxylic acids is 1. The van der Waals surface area contributed by atoms with E-state index in [0.29, 0.717) is 6.54 Å². The molecule has 88 valence electrons. The van der Waals surface area contributed by atoms with Gasteiger partial charge < -0.3 is 10.2 Å². The first kappa shape index (κ1) is 12.8. The van der Waals surface area contributed by atoms with Crippen LogP contribution in [-0.4, -0.2) is 24.0 Å². The van der Waals surface area contributed by atoms with Crippen LogP contribution in [0.1, 0.15) is 18.4 Å². The van der Waals surface area contributed by atoms with Crippen molar-refractivity contribution in [1.82, 2.24) is 10.2 Å². The molecule has 1 fully saturated rings. The fraction of sp³-hybridized carbons (Fsp3) is 0.417. The van der Waals surface area contributed by atoms with Crippen LogP contribution in [0.4, 0.5) is 4.79 Å². The number of rotatable bonds is 2. The largest absolute Gasteiger partial charge is 0.338 e. The van der Waals surface area contributed by atoms with E-state index in [0.717, 1.165) is 25.9 Å². The predicted octanol–water partition coefficient (Wildman–Crippen LogP) is 2.41. The first-order chi connectivity index (χ1) is 7.36. The molecule has 1 saturated heterocycles. The molecule has 0 bridgehead atoms. The smallest absolute Gasteiger partial charge is 0.317 e. The molecule has 4 heteroatoms. The van der Waals surface area contributed by atoms with Crippen LogP contribution in [0.5, 0.6) is 0 Å². The lowest BCUT2D eigenvalue weighted by Gasteiger charge is -2.20. The number of benzene rings is 1. The zero-order valence-electron chi connectivity index (χ0n) is 9.19. The third kappa shape index (κ3) is 3.42.